The van der Waals surface area contributed by atoms with Crippen molar-refractivity contribution >= 4 is 17.7 Å². The summed E-state index contributed by atoms with van der Waals surface area (Å²) in [7, 11) is 0. The highest BCUT2D eigenvalue weighted by atomic mass is 32.2. The molecule has 2 aliphatic carbocycles. The lowest BCUT2D eigenvalue weighted by Crippen LogP contribution is -2.40. The van der Waals surface area contributed by atoms with Crippen LogP contribution in [0.4, 0.5) is 0 Å². The lowest BCUT2D eigenvalue weighted by atomic mass is 10.0. The molecule has 0 heterocycles. The fourth-order valence-corrected chi connectivity index (χ4v) is 3.69. The Hall–Kier alpha value is -0.480. The standard InChI is InChI=1S/C13H22N2OS/c1-17-13(6-2-3-7-13)9-15-12(16)10-4-5-11(14)8-10/h4-5,10-11H,2-3,6-9,14H2,1H3,(H,15,16). The van der Waals surface area contributed by atoms with E-state index in [0.29, 0.717) is 4.75 Å². The minimum atomic E-state index is -0.00897. The van der Waals surface area contributed by atoms with Gasteiger partial charge in [0, 0.05) is 17.3 Å². The van der Waals surface area contributed by atoms with Gasteiger partial charge >= 0.3 is 0 Å². The molecule has 3 N–H and O–H groups in total. The van der Waals surface area contributed by atoms with Crippen LogP contribution in [0, 0.1) is 5.92 Å². The normalized spacial score (nSPS) is 30.7. The maximum atomic E-state index is 12.0. The highest BCUT2D eigenvalue weighted by Crippen LogP contribution is 2.39. The Morgan fingerprint density at radius 1 is 1.47 bits per heavy atom. The van der Waals surface area contributed by atoms with Gasteiger partial charge in [-0.15, -0.1) is 0 Å². The number of thioether (sulfide) groups is 1. The number of amides is 1. The summed E-state index contributed by atoms with van der Waals surface area (Å²) in [4.78, 5) is 12.0. The lowest BCUT2D eigenvalue weighted by molar-refractivity contribution is -0.123. The van der Waals surface area contributed by atoms with Crippen molar-refractivity contribution < 1.29 is 4.79 Å². The SMILES string of the molecule is CSC1(CNC(=O)C2C=CC(N)C2)CCCC1. The van der Waals surface area contributed by atoms with Crippen molar-refractivity contribution in [1.82, 2.24) is 5.32 Å². The first-order valence-corrected chi connectivity index (χ1v) is 7.64. The summed E-state index contributed by atoms with van der Waals surface area (Å²) < 4.78 is 0.292. The third-order valence-corrected chi connectivity index (χ3v) is 5.40. The highest BCUT2D eigenvalue weighted by Gasteiger charge is 2.34. The Balaban J connectivity index is 1.81. The summed E-state index contributed by atoms with van der Waals surface area (Å²) in [6.07, 6.45) is 11.9. The van der Waals surface area contributed by atoms with E-state index in [1.165, 1.54) is 25.7 Å². The van der Waals surface area contributed by atoms with Crippen LogP contribution >= 0.6 is 11.8 Å². The average Bonchev–Trinajstić information content (AvgIpc) is 2.95. The molecular weight excluding hydrogens is 232 g/mol. The Labute approximate surface area is 108 Å². The zero-order valence-electron chi connectivity index (χ0n) is 10.4. The number of nitrogens with two attached hydrogens (primary N) is 1. The average molecular weight is 254 g/mol. The van der Waals surface area contributed by atoms with Crippen LogP contribution in [0.1, 0.15) is 32.1 Å². The fraction of sp³-hybridized carbons (Fsp3) is 0.769. The van der Waals surface area contributed by atoms with Crippen LogP contribution in [-0.2, 0) is 4.79 Å². The summed E-state index contributed by atoms with van der Waals surface area (Å²) in [5.74, 6) is 0.139. The summed E-state index contributed by atoms with van der Waals surface area (Å²) >= 11 is 1.91. The smallest absolute Gasteiger partial charge is 0.227 e. The molecule has 0 saturated heterocycles. The summed E-state index contributed by atoms with van der Waals surface area (Å²) in [5.41, 5.74) is 5.76. The summed E-state index contributed by atoms with van der Waals surface area (Å²) in [6, 6.07) is 0.0618. The molecule has 2 aliphatic rings. The Kier molecular flexibility index (Phi) is 4.15. The molecule has 0 spiro atoms. The third kappa shape index (κ3) is 3.05. The highest BCUT2D eigenvalue weighted by molar-refractivity contribution is 8.00. The molecule has 4 heteroatoms. The van der Waals surface area contributed by atoms with Gasteiger partial charge in [0.05, 0.1) is 5.92 Å². The molecule has 0 aliphatic heterocycles. The van der Waals surface area contributed by atoms with E-state index in [-0.39, 0.29) is 17.9 Å². The zero-order chi connectivity index (χ0) is 12.3. The summed E-state index contributed by atoms with van der Waals surface area (Å²) in [6.45, 7) is 0.812. The minimum Gasteiger partial charge on any atom is -0.354 e. The molecule has 0 aromatic heterocycles. The second kappa shape index (κ2) is 5.44. The van der Waals surface area contributed by atoms with E-state index in [2.05, 4.69) is 11.6 Å². The van der Waals surface area contributed by atoms with E-state index in [0.717, 1.165) is 13.0 Å². The maximum Gasteiger partial charge on any atom is 0.227 e. The van der Waals surface area contributed by atoms with Crippen molar-refractivity contribution in [2.75, 3.05) is 12.8 Å². The van der Waals surface area contributed by atoms with Crippen molar-refractivity contribution in [3.8, 4) is 0 Å². The van der Waals surface area contributed by atoms with E-state index in [4.69, 9.17) is 5.73 Å². The van der Waals surface area contributed by atoms with Gasteiger partial charge in [-0.25, -0.2) is 0 Å². The number of hydrogen-bond acceptors (Lipinski definition) is 3. The van der Waals surface area contributed by atoms with Crippen LogP contribution in [-0.4, -0.2) is 29.5 Å². The molecule has 0 aromatic carbocycles. The van der Waals surface area contributed by atoms with Gasteiger partial charge in [0.25, 0.3) is 0 Å². The van der Waals surface area contributed by atoms with Crippen molar-refractivity contribution in [3.05, 3.63) is 12.2 Å². The first-order valence-electron chi connectivity index (χ1n) is 6.42. The van der Waals surface area contributed by atoms with Crippen LogP contribution in [0.5, 0.6) is 0 Å². The number of nitrogens with one attached hydrogen (secondary N) is 1. The molecule has 96 valence electrons. The molecule has 0 radical (unpaired) electrons. The van der Waals surface area contributed by atoms with Gasteiger partial charge in [0.1, 0.15) is 0 Å². The van der Waals surface area contributed by atoms with Gasteiger partial charge < -0.3 is 11.1 Å². The molecule has 0 aromatic rings. The molecule has 2 unspecified atom stereocenters. The van der Waals surface area contributed by atoms with E-state index in [1.807, 2.05) is 23.9 Å². The number of carbonyl (C=O) groups is 1. The van der Waals surface area contributed by atoms with Gasteiger partial charge in [-0.05, 0) is 25.5 Å². The second-order valence-electron chi connectivity index (χ2n) is 5.20. The molecule has 1 saturated carbocycles. The van der Waals surface area contributed by atoms with Crippen molar-refractivity contribution in [2.24, 2.45) is 11.7 Å². The van der Waals surface area contributed by atoms with Crippen molar-refractivity contribution in [3.63, 3.8) is 0 Å². The molecule has 17 heavy (non-hydrogen) atoms. The Morgan fingerprint density at radius 3 is 2.71 bits per heavy atom. The summed E-state index contributed by atoms with van der Waals surface area (Å²) in [5, 5.41) is 3.11. The fourth-order valence-electron chi connectivity index (χ4n) is 2.77. The molecule has 0 bridgehead atoms. The van der Waals surface area contributed by atoms with Crippen LogP contribution in [0.25, 0.3) is 0 Å². The van der Waals surface area contributed by atoms with E-state index >= 15 is 0 Å². The second-order valence-corrected chi connectivity index (χ2v) is 6.48. The zero-order valence-corrected chi connectivity index (χ0v) is 11.3. The number of rotatable bonds is 4. The largest absolute Gasteiger partial charge is 0.354 e. The van der Waals surface area contributed by atoms with Crippen LogP contribution in [0.2, 0.25) is 0 Å². The molecular formula is C13H22N2OS. The topological polar surface area (TPSA) is 55.1 Å². The van der Waals surface area contributed by atoms with E-state index in [9.17, 15) is 4.79 Å². The van der Waals surface area contributed by atoms with Gasteiger partial charge in [0.2, 0.25) is 5.91 Å². The van der Waals surface area contributed by atoms with Crippen LogP contribution in [0.3, 0.4) is 0 Å². The Morgan fingerprint density at radius 2 is 2.18 bits per heavy atom. The van der Waals surface area contributed by atoms with Crippen LogP contribution in [0.15, 0.2) is 12.2 Å². The van der Waals surface area contributed by atoms with Gasteiger partial charge in [-0.2, -0.15) is 11.8 Å². The molecule has 2 rings (SSSR count). The van der Waals surface area contributed by atoms with Gasteiger partial charge in [-0.1, -0.05) is 25.0 Å². The number of hydrogen-bond donors (Lipinski definition) is 2. The third-order valence-electron chi connectivity index (χ3n) is 3.99. The van der Waals surface area contributed by atoms with Crippen molar-refractivity contribution in [1.29, 1.82) is 0 Å². The first-order chi connectivity index (χ1) is 8.15. The predicted molar refractivity (Wildman–Crippen MR) is 72.9 cm³/mol. The van der Waals surface area contributed by atoms with Gasteiger partial charge in [-0.3, -0.25) is 4.79 Å². The Bertz CT molecular complexity index is 311. The monoisotopic (exact) mass is 254 g/mol. The van der Waals surface area contributed by atoms with Crippen molar-refractivity contribution in [2.45, 2.75) is 42.9 Å². The molecule has 3 nitrogen and oxygen atoms in total. The van der Waals surface area contributed by atoms with Gasteiger partial charge in [0.15, 0.2) is 0 Å². The molecule has 2 atom stereocenters. The quantitative estimate of drug-likeness (QED) is 0.751. The van der Waals surface area contributed by atoms with E-state index in [1.54, 1.807) is 0 Å². The predicted octanol–water partition coefficient (Wildman–Crippen LogP) is 1.68. The first kappa shape index (κ1) is 13.0. The molecule has 1 amide bonds. The maximum absolute atomic E-state index is 12.0. The lowest BCUT2D eigenvalue weighted by Gasteiger charge is -2.27. The van der Waals surface area contributed by atoms with Crippen LogP contribution < -0.4 is 11.1 Å². The number of carbonyl (C=O) groups excluding carboxylic acids is 1. The molecule has 1 fully saturated rings. The minimum absolute atomic E-state index is 0.00897. The van der Waals surface area contributed by atoms with E-state index < -0.39 is 0 Å².